The summed E-state index contributed by atoms with van der Waals surface area (Å²) in [6.07, 6.45) is 3.35. The van der Waals surface area contributed by atoms with E-state index in [1.165, 1.54) is 12.1 Å². The Kier molecular flexibility index (Phi) is 3.52. The van der Waals surface area contributed by atoms with Gasteiger partial charge in [-0.15, -0.1) is 0 Å². The van der Waals surface area contributed by atoms with Crippen molar-refractivity contribution >= 4 is 19.7 Å². The average molecular weight is 261 g/mol. The second-order valence-corrected chi connectivity index (χ2v) is 6.43. The number of ether oxygens (including phenoxy) is 1. The fourth-order valence-electron chi connectivity index (χ4n) is 1.85. The molecular formula is C11H13ClO3S. The molecule has 2 rings (SSSR count). The number of hydrogen-bond donors (Lipinski definition) is 0. The van der Waals surface area contributed by atoms with Gasteiger partial charge in [0.15, 0.2) is 0 Å². The Morgan fingerprint density at radius 2 is 1.88 bits per heavy atom. The summed E-state index contributed by atoms with van der Waals surface area (Å²) in [7, 11) is 1.62. The van der Waals surface area contributed by atoms with Crippen molar-refractivity contribution in [1.29, 1.82) is 0 Å². The van der Waals surface area contributed by atoms with Gasteiger partial charge < -0.3 is 4.74 Å². The maximum atomic E-state index is 11.1. The number of hydrogen-bond acceptors (Lipinski definition) is 3. The van der Waals surface area contributed by atoms with Gasteiger partial charge in [-0.1, -0.05) is 12.1 Å². The van der Waals surface area contributed by atoms with Crippen molar-refractivity contribution in [3.63, 3.8) is 0 Å². The van der Waals surface area contributed by atoms with Gasteiger partial charge in [0.1, 0.15) is 0 Å². The van der Waals surface area contributed by atoms with Crippen molar-refractivity contribution in [1.82, 2.24) is 0 Å². The van der Waals surface area contributed by atoms with Crippen LogP contribution < -0.4 is 0 Å². The molecule has 0 radical (unpaired) electrons. The zero-order valence-electron chi connectivity index (χ0n) is 8.73. The molecule has 0 amide bonds. The molecule has 1 fully saturated rings. The molecule has 1 atom stereocenters. The molecule has 0 saturated carbocycles. The van der Waals surface area contributed by atoms with Crippen molar-refractivity contribution in [3.8, 4) is 0 Å². The summed E-state index contributed by atoms with van der Waals surface area (Å²) in [6.45, 7) is 0.778. The number of halogens is 1. The molecule has 5 heteroatoms. The molecule has 1 heterocycles. The fraction of sp³-hybridized carbons (Fsp3) is 0.455. The van der Waals surface area contributed by atoms with Gasteiger partial charge in [0.05, 0.1) is 11.0 Å². The second-order valence-electron chi connectivity index (χ2n) is 3.86. The first-order chi connectivity index (χ1) is 7.57. The van der Waals surface area contributed by atoms with Gasteiger partial charge >= 0.3 is 0 Å². The molecule has 1 aromatic rings. The SMILES string of the molecule is O=S(=O)(Cl)c1ccc(C2CCCCO2)cc1. The van der Waals surface area contributed by atoms with Crippen molar-refractivity contribution in [2.45, 2.75) is 30.3 Å². The molecule has 0 aromatic heterocycles. The highest BCUT2D eigenvalue weighted by Crippen LogP contribution is 2.28. The van der Waals surface area contributed by atoms with Crippen LogP contribution in [0.3, 0.4) is 0 Å². The van der Waals surface area contributed by atoms with E-state index < -0.39 is 9.05 Å². The zero-order chi connectivity index (χ0) is 11.6. The Hall–Kier alpha value is -0.580. The normalized spacial score (nSPS) is 21.9. The summed E-state index contributed by atoms with van der Waals surface area (Å²) in [5.74, 6) is 0. The van der Waals surface area contributed by atoms with Crippen molar-refractivity contribution in [2.24, 2.45) is 0 Å². The third-order valence-corrected chi connectivity index (χ3v) is 4.08. The van der Waals surface area contributed by atoms with E-state index >= 15 is 0 Å². The lowest BCUT2D eigenvalue weighted by Crippen LogP contribution is -2.11. The minimum Gasteiger partial charge on any atom is -0.374 e. The lowest BCUT2D eigenvalue weighted by molar-refractivity contribution is 0.0149. The van der Waals surface area contributed by atoms with E-state index in [0.717, 1.165) is 31.4 Å². The van der Waals surface area contributed by atoms with Crippen molar-refractivity contribution in [3.05, 3.63) is 29.8 Å². The standard InChI is InChI=1S/C11H13ClO3S/c12-16(13,14)10-6-4-9(5-7-10)11-3-1-2-8-15-11/h4-7,11H,1-3,8H2. The van der Waals surface area contributed by atoms with Gasteiger partial charge in [0, 0.05) is 17.3 Å². The molecule has 1 aliphatic rings. The maximum absolute atomic E-state index is 11.1. The Bertz CT molecular complexity index is 447. The average Bonchev–Trinajstić information content (AvgIpc) is 2.29. The number of benzene rings is 1. The zero-order valence-corrected chi connectivity index (χ0v) is 10.3. The molecule has 3 nitrogen and oxygen atoms in total. The molecule has 0 aliphatic carbocycles. The third-order valence-electron chi connectivity index (χ3n) is 2.71. The van der Waals surface area contributed by atoms with E-state index in [4.69, 9.17) is 15.4 Å². The van der Waals surface area contributed by atoms with Gasteiger partial charge in [-0.25, -0.2) is 8.42 Å². The van der Waals surface area contributed by atoms with Gasteiger partial charge in [-0.3, -0.25) is 0 Å². The topological polar surface area (TPSA) is 43.4 Å². The van der Waals surface area contributed by atoms with Crippen molar-refractivity contribution in [2.75, 3.05) is 6.61 Å². The number of rotatable bonds is 2. The van der Waals surface area contributed by atoms with E-state index in [2.05, 4.69) is 0 Å². The van der Waals surface area contributed by atoms with Crippen molar-refractivity contribution < 1.29 is 13.2 Å². The lowest BCUT2D eigenvalue weighted by Gasteiger charge is -2.22. The van der Waals surface area contributed by atoms with Crippen LogP contribution in [0.5, 0.6) is 0 Å². The Morgan fingerprint density at radius 1 is 1.19 bits per heavy atom. The van der Waals surface area contributed by atoms with Gasteiger partial charge in [-0.2, -0.15) is 0 Å². The largest absolute Gasteiger partial charge is 0.374 e. The molecule has 16 heavy (non-hydrogen) atoms. The molecule has 0 spiro atoms. The van der Waals surface area contributed by atoms with Crippen LogP contribution >= 0.6 is 10.7 Å². The van der Waals surface area contributed by atoms with E-state index in [9.17, 15) is 8.42 Å². The minimum absolute atomic E-state index is 0.0980. The minimum atomic E-state index is -3.62. The predicted molar refractivity (Wildman–Crippen MR) is 62.0 cm³/mol. The quantitative estimate of drug-likeness (QED) is 0.768. The molecule has 0 bridgehead atoms. The first kappa shape index (κ1) is 11.9. The fourth-order valence-corrected chi connectivity index (χ4v) is 2.62. The molecule has 0 N–H and O–H groups in total. The Labute approximate surface area is 99.8 Å². The highest BCUT2D eigenvalue weighted by Gasteiger charge is 2.17. The van der Waals surface area contributed by atoms with Gasteiger partial charge in [-0.05, 0) is 37.0 Å². The van der Waals surface area contributed by atoms with Crippen LogP contribution in [0, 0.1) is 0 Å². The highest BCUT2D eigenvalue weighted by atomic mass is 35.7. The molecule has 1 aromatic carbocycles. The van der Waals surface area contributed by atoms with Crippen LogP contribution in [0.25, 0.3) is 0 Å². The first-order valence-electron chi connectivity index (χ1n) is 5.23. The van der Waals surface area contributed by atoms with Gasteiger partial charge in [0.25, 0.3) is 9.05 Å². The third kappa shape index (κ3) is 2.75. The van der Waals surface area contributed by atoms with E-state index in [-0.39, 0.29) is 11.0 Å². The Morgan fingerprint density at radius 3 is 2.38 bits per heavy atom. The van der Waals surface area contributed by atoms with Crippen LogP contribution in [0.2, 0.25) is 0 Å². The van der Waals surface area contributed by atoms with E-state index in [0.29, 0.717) is 0 Å². The van der Waals surface area contributed by atoms with Crippen LogP contribution in [-0.2, 0) is 13.8 Å². The summed E-state index contributed by atoms with van der Waals surface area (Å²) in [5, 5.41) is 0. The van der Waals surface area contributed by atoms with E-state index in [1.54, 1.807) is 12.1 Å². The summed E-state index contributed by atoms with van der Waals surface area (Å²) in [6, 6.07) is 6.59. The predicted octanol–water partition coefficient (Wildman–Crippen LogP) is 2.86. The molecule has 1 aliphatic heterocycles. The van der Waals surface area contributed by atoms with Crippen LogP contribution in [0.1, 0.15) is 30.9 Å². The van der Waals surface area contributed by atoms with E-state index in [1.807, 2.05) is 0 Å². The molecular weight excluding hydrogens is 248 g/mol. The smallest absolute Gasteiger partial charge is 0.261 e. The maximum Gasteiger partial charge on any atom is 0.261 e. The summed E-state index contributed by atoms with van der Waals surface area (Å²) in [4.78, 5) is 0.133. The van der Waals surface area contributed by atoms with Crippen LogP contribution in [-0.4, -0.2) is 15.0 Å². The molecule has 1 saturated heterocycles. The first-order valence-corrected chi connectivity index (χ1v) is 7.54. The molecule has 1 unspecified atom stereocenters. The van der Waals surface area contributed by atoms with Crippen LogP contribution in [0.4, 0.5) is 0 Å². The highest BCUT2D eigenvalue weighted by molar-refractivity contribution is 8.13. The lowest BCUT2D eigenvalue weighted by atomic mass is 10.0. The molecule has 88 valence electrons. The monoisotopic (exact) mass is 260 g/mol. The summed E-state index contributed by atoms with van der Waals surface area (Å²) in [5.41, 5.74) is 1.02. The summed E-state index contributed by atoms with van der Waals surface area (Å²) < 4.78 is 27.7. The van der Waals surface area contributed by atoms with Gasteiger partial charge in [0.2, 0.25) is 0 Å². The summed E-state index contributed by atoms with van der Waals surface area (Å²) >= 11 is 0. The second kappa shape index (κ2) is 4.73. The van der Waals surface area contributed by atoms with Crippen LogP contribution in [0.15, 0.2) is 29.2 Å². The Balaban J connectivity index is 2.18.